The molecule has 130 valence electrons. The summed E-state index contributed by atoms with van der Waals surface area (Å²) in [6.45, 7) is 4.50. The standard InChI is InChI=1S/C18H22N6S/c1-15-4-6-16(7-5-15)13-24-14-17(12-21-24)22-18(25)19-8-2-10-23-11-3-9-20-23/h3-7,9,11-12,14H,2,8,10,13H2,1H3,(H2,19,22,25). The first-order valence-electron chi connectivity index (χ1n) is 8.29. The third kappa shape index (κ3) is 5.42. The summed E-state index contributed by atoms with van der Waals surface area (Å²) in [6, 6.07) is 10.4. The van der Waals surface area contributed by atoms with E-state index in [1.807, 2.05) is 27.8 Å². The Bertz CT molecular complexity index is 791. The molecule has 6 nitrogen and oxygen atoms in total. The van der Waals surface area contributed by atoms with E-state index >= 15 is 0 Å². The van der Waals surface area contributed by atoms with Crippen molar-refractivity contribution < 1.29 is 0 Å². The van der Waals surface area contributed by atoms with Gasteiger partial charge in [0.1, 0.15) is 0 Å². The molecule has 0 saturated heterocycles. The van der Waals surface area contributed by atoms with Crippen molar-refractivity contribution in [2.75, 3.05) is 11.9 Å². The SMILES string of the molecule is Cc1ccc(Cn2cc(NC(=S)NCCCn3cccn3)cn2)cc1. The van der Waals surface area contributed by atoms with Crippen LogP contribution in [0.15, 0.2) is 55.1 Å². The van der Waals surface area contributed by atoms with E-state index in [9.17, 15) is 0 Å². The number of benzene rings is 1. The molecule has 3 rings (SSSR count). The van der Waals surface area contributed by atoms with Gasteiger partial charge in [-0.1, -0.05) is 29.8 Å². The number of rotatable bonds is 7. The fourth-order valence-electron chi connectivity index (χ4n) is 2.45. The molecule has 0 unspecified atom stereocenters. The zero-order chi connectivity index (χ0) is 17.5. The van der Waals surface area contributed by atoms with Gasteiger partial charge >= 0.3 is 0 Å². The summed E-state index contributed by atoms with van der Waals surface area (Å²) in [7, 11) is 0. The average molecular weight is 354 g/mol. The van der Waals surface area contributed by atoms with E-state index < -0.39 is 0 Å². The molecule has 0 spiro atoms. The first kappa shape index (κ1) is 17.2. The van der Waals surface area contributed by atoms with Gasteiger partial charge in [0.05, 0.1) is 18.4 Å². The minimum Gasteiger partial charge on any atom is -0.362 e. The molecule has 1 aromatic carbocycles. The summed E-state index contributed by atoms with van der Waals surface area (Å²) in [5, 5.41) is 15.5. The van der Waals surface area contributed by atoms with Crippen molar-refractivity contribution in [3.05, 3.63) is 66.2 Å². The van der Waals surface area contributed by atoms with E-state index in [4.69, 9.17) is 12.2 Å². The lowest BCUT2D eigenvalue weighted by molar-refractivity contribution is 0.574. The van der Waals surface area contributed by atoms with Crippen molar-refractivity contribution in [3.8, 4) is 0 Å². The summed E-state index contributed by atoms with van der Waals surface area (Å²) >= 11 is 5.32. The van der Waals surface area contributed by atoms with E-state index in [2.05, 4.69) is 52.0 Å². The second kappa shape index (κ2) is 8.43. The first-order valence-corrected chi connectivity index (χ1v) is 8.70. The molecule has 0 amide bonds. The molecule has 25 heavy (non-hydrogen) atoms. The highest BCUT2D eigenvalue weighted by Gasteiger charge is 2.02. The molecular weight excluding hydrogens is 332 g/mol. The van der Waals surface area contributed by atoms with Gasteiger partial charge in [-0.3, -0.25) is 9.36 Å². The van der Waals surface area contributed by atoms with Crippen LogP contribution in [0.2, 0.25) is 0 Å². The highest BCUT2D eigenvalue weighted by atomic mass is 32.1. The van der Waals surface area contributed by atoms with Gasteiger partial charge in [0.2, 0.25) is 0 Å². The lowest BCUT2D eigenvalue weighted by Gasteiger charge is -2.08. The predicted octanol–water partition coefficient (Wildman–Crippen LogP) is 2.81. The lowest BCUT2D eigenvalue weighted by atomic mass is 10.1. The summed E-state index contributed by atoms with van der Waals surface area (Å²) in [6.07, 6.45) is 8.44. The maximum atomic E-state index is 5.32. The van der Waals surface area contributed by atoms with E-state index in [1.165, 1.54) is 11.1 Å². The number of nitrogens with one attached hydrogen (secondary N) is 2. The van der Waals surface area contributed by atoms with Gasteiger partial charge in [0.15, 0.2) is 5.11 Å². The van der Waals surface area contributed by atoms with Gasteiger partial charge in [-0.05, 0) is 37.2 Å². The summed E-state index contributed by atoms with van der Waals surface area (Å²) < 4.78 is 3.81. The average Bonchev–Trinajstić information content (AvgIpc) is 3.26. The van der Waals surface area contributed by atoms with Crippen LogP contribution in [0.4, 0.5) is 5.69 Å². The number of hydrogen-bond donors (Lipinski definition) is 2. The topological polar surface area (TPSA) is 59.7 Å². The molecule has 3 aromatic rings. The Kier molecular flexibility index (Phi) is 5.79. The first-order chi connectivity index (χ1) is 12.2. The molecule has 2 N–H and O–H groups in total. The molecule has 2 heterocycles. The van der Waals surface area contributed by atoms with Gasteiger partial charge in [-0.2, -0.15) is 10.2 Å². The van der Waals surface area contributed by atoms with Crippen molar-refractivity contribution >= 4 is 23.0 Å². The fraction of sp³-hybridized carbons (Fsp3) is 0.278. The highest BCUT2D eigenvalue weighted by Crippen LogP contribution is 2.09. The van der Waals surface area contributed by atoms with E-state index in [-0.39, 0.29) is 0 Å². The molecule has 0 aliphatic carbocycles. The quantitative estimate of drug-likeness (QED) is 0.505. The molecule has 0 aliphatic rings. The molecule has 0 saturated carbocycles. The Balaban J connectivity index is 1.41. The number of hydrogen-bond acceptors (Lipinski definition) is 3. The number of aromatic nitrogens is 4. The molecule has 0 radical (unpaired) electrons. The molecule has 0 fully saturated rings. The largest absolute Gasteiger partial charge is 0.362 e. The second-order valence-corrected chi connectivity index (χ2v) is 6.32. The molecule has 0 atom stereocenters. The van der Waals surface area contributed by atoms with Crippen LogP contribution in [0.1, 0.15) is 17.5 Å². The minimum absolute atomic E-state index is 0.607. The number of nitrogens with zero attached hydrogens (tertiary/aromatic N) is 4. The van der Waals surface area contributed by atoms with Crippen LogP contribution in [0.25, 0.3) is 0 Å². The highest BCUT2D eigenvalue weighted by molar-refractivity contribution is 7.80. The van der Waals surface area contributed by atoms with Crippen LogP contribution in [0.3, 0.4) is 0 Å². The Morgan fingerprint density at radius 1 is 1.16 bits per heavy atom. The summed E-state index contributed by atoms with van der Waals surface area (Å²) in [5.41, 5.74) is 3.37. The van der Waals surface area contributed by atoms with Crippen LogP contribution in [-0.2, 0) is 13.1 Å². The summed E-state index contributed by atoms with van der Waals surface area (Å²) in [4.78, 5) is 0. The van der Waals surface area contributed by atoms with Gasteiger partial charge < -0.3 is 10.6 Å². The predicted molar refractivity (Wildman–Crippen MR) is 104 cm³/mol. The number of anilines is 1. The van der Waals surface area contributed by atoms with Crippen molar-refractivity contribution in [1.82, 2.24) is 24.9 Å². The van der Waals surface area contributed by atoms with Crippen LogP contribution in [-0.4, -0.2) is 31.2 Å². The minimum atomic E-state index is 0.607. The number of aryl methyl sites for hydroxylation is 2. The van der Waals surface area contributed by atoms with Crippen LogP contribution >= 0.6 is 12.2 Å². The molecular formula is C18H22N6S. The zero-order valence-electron chi connectivity index (χ0n) is 14.2. The maximum absolute atomic E-state index is 5.32. The third-order valence-corrected chi connectivity index (χ3v) is 4.01. The van der Waals surface area contributed by atoms with Gasteiger partial charge in [-0.25, -0.2) is 0 Å². The van der Waals surface area contributed by atoms with Gasteiger partial charge in [0, 0.05) is 31.7 Å². The van der Waals surface area contributed by atoms with Crippen LogP contribution in [0.5, 0.6) is 0 Å². The molecule has 2 aromatic heterocycles. The molecule has 7 heteroatoms. The summed E-state index contributed by atoms with van der Waals surface area (Å²) in [5.74, 6) is 0. The smallest absolute Gasteiger partial charge is 0.170 e. The van der Waals surface area contributed by atoms with Crippen molar-refractivity contribution in [2.24, 2.45) is 0 Å². The Morgan fingerprint density at radius 2 is 2.00 bits per heavy atom. The Hall–Kier alpha value is -2.67. The third-order valence-electron chi connectivity index (χ3n) is 3.77. The second-order valence-electron chi connectivity index (χ2n) is 5.92. The molecule has 0 bridgehead atoms. The number of thiocarbonyl (C=S) groups is 1. The van der Waals surface area contributed by atoms with Crippen LogP contribution in [0, 0.1) is 6.92 Å². The van der Waals surface area contributed by atoms with Gasteiger partial charge in [0.25, 0.3) is 0 Å². The van der Waals surface area contributed by atoms with Crippen molar-refractivity contribution in [3.63, 3.8) is 0 Å². The normalized spacial score (nSPS) is 10.6. The van der Waals surface area contributed by atoms with E-state index in [0.717, 1.165) is 31.7 Å². The van der Waals surface area contributed by atoms with Crippen LogP contribution < -0.4 is 10.6 Å². The molecule has 0 aliphatic heterocycles. The van der Waals surface area contributed by atoms with Crippen molar-refractivity contribution in [1.29, 1.82) is 0 Å². The monoisotopic (exact) mass is 354 g/mol. The fourth-order valence-corrected chi connectivity index (χ4v) is 2.67. The van der Waals surface area contributed by atoms with E-state index in [1.54, 1.807) is 12.4 Å². The van der Waals surface area contributed by atoms with Gasteiger partial charge in [-0.15, -0.1) is 0 Å². The Labute approximate surface area is 152 Å². The maximum Gasteiger partial charge on any atom is 0.170 e. The van der Waals surface area contributed by atoms with Crippen molar-refractivity contribution in [2.45, 2.75) is 26.4 Å². The Morgan fingerprint density at radius 3 is 2.76 bits per heavy atom. The van der Waals surface area contributed by atoms with E-state index in [0.29, 0.717) is 5.11 Å². The zero-order valence-corrected chi connectivity index (χ0v) is 15.0. The lowest BCUT2D eigenvalue weighted by Crippen LogP contribution is -2.29.